The fourth-order valence-corrected chi connectivity index (χ4v) is 3.08. The van der Waals surface area contributed by atoms with E-state index in [1.54, 1.807) is 30.5 Å². The number of para-hydroxylation sites is 1. The van der Waals surface area contributed by atoms with Crippen LogP contribution in [-0.4, -0.2) is 6.21 Å². The van der Waals surface area contributed by atoms with Crippen LogP contribution in [0.25, 0.3) is 0 Å². The maximum Gasteiger partial charge on any atom is 0.128 e. The molecule has 3 aromatic carbocycles. The summed E-state index contributed by atoms with van der Waals surface area (Å²) >= 11 is 12.3. The molecule has 0 atom stereocenters. The average Bonchev–Trinajstić information content (AvgIpc) is 2.72. The Morgan fingerprint density at radius 2 is 1.75 bits per heavy atom. The predicted octanol–water partition coefficient (Wildman–Crippen LogP) is 5.57. The summed E-state index contributed by atoms with van der Waals surface area (Å²) in [4.78, 5) is 0. The smallest absolute Gasteiger partial charge is 0.128 e. The van der Waals surface area contributed by atoms with Crippen molar-refractivity contribution >= 4 is 29.4 Å². The Labute approximate surface area is 174 Å². The number of halogens is 2. The summed E-state index contributed by atoms with van der Waals surface area (Å²) in [7, 11) is 0. The molecule has 3 aromatic rings. The number of hydrazone groups is 1. The van der Waals surface area contributed by atoms with Crippen LogP contribution in [-0.2, 0) is 13.2 Å². The van der Waals surface area contributed by atoms with Crippen LogP contribution in [0.2, 0.25) is 10.0 Å². The van der Waals surface area contributed by atoms with Crippen molar-refractivity contribution in [1.29, 1.82) is 5.26 Å². The van der Waals surface area contributed by atoms with Crippen molar-refractivity contribution < 1.29 is 4.74 Å². The van der Waals surface area contributed by atoms with Crippen LogP contribution in [0.5, 0.6) is 5.75 Å². The Morgan fingerprint density at radius 3 is 2.54 bits per heavy atom. The summed E-state index contributed by atoms with van der Waals surface area (Å²) in [6.07, 6.45) is 1.69. The first kappa shape index (κ1) is 19.8. The number of hydrogen-bond donors (Lipinski definition) is 1. The van der Waals surface area contributed by atoms with Gasteiger partial charge in [0.2, 0.25) is 0 Å². The highest BCUT2D eigenvalue weighted by Gasteiger charge is 2.05. The molecule has 0 bridgehead atoms. The number of rotatable bonds is 7. The first-order valence-electron chi connectivity index (χ1n) is 8.57. The summed E-state index contributed by atoms with van der Waals surface area (Å²) in [5.74, 6) is 0.700. The normalized spacial score (nSPS) is 10.6. The van der Waals surface area contributed by atoms with Gasteiger partial charge in [0.15, 0.2) is 0 Å². The van der Waals surface area contributed by atoms with E-state index in [1.165, 1.54) is 0 Å². The minimum Gasteiger partial charge on any atom is -0.488 e. The van der Waals surface area contributed by atoms with Crippen LogP contribution in [0.3, 0.4) is 0 Å². The molecule has 0 amide bonds. The quantitative estimate of drug-likeness (QED) is 0.409. The monoisotopic (exact) mass is 409 g/mol. The van der Waals surface area contributed by atoms with Crippen LogP contribution in [0.4, 0.5) is 0 Å². The molecule has 0 saturated carbocycles. The van der Waals surface area contributed by atoms with Crippen molar-refractivity contribution in [3.63, 3.8) is 0 Å². The summed E-state index contributed by atoms with van der Waals surface area (Å²) < 4.78 is 5.91. The highest BCUT2D eigenvalue weighted by molar-refractivity contribution is 6.35. The first-order chi connectivity index (χ1) is 13.7. The van der Waals surface area contributed by atoms with Crippen molar-refractivity contribution in [1.82, 2.24) is 5.43 Å². The summed E-state index contributed by atoms with van der Waals surface area (Å²) in [6.45, 7) is 0.780. The molecule has 0 radical (unpaired) electrons. The van der Waals surface area contributed by atoms with E-state index in [2.05, 4.69) is 16.6 Å². The van der Waals surface area contributed by atoms with E-state index in [4.69, 9.17) is 33.2 Å². The van der Waals surface area contributed by atoms with Crippen molar-refractivity contribution in [3.8, 4) is 11.8 Å². The molecule has 0 spiro atoms. The molecule has 6 heteroatoms. The molecule has 0 aromatic heterocycles. The topological polar surface area (TPSA) is 57.4 Å². The summed E-state index contributed by atoms with van der Waals surface area (Å²) in [5.41, 5.74) is 6.12. The van der Waals surface area contributed by atoms with Gasteiger partial charge in [0, 0.05) is 21.2 Å². The molecule has 4 nitrogen and oxygen atoms in total. The van der Waals surface area contributed by atoms with Crippen molar-refractivity contribution in [2.24, 2.45) is 5.10 Å². The van der Waals surface area contributed by atoms with Gasteiger partial charge < -0.3 is 10.2 Å². The molecular formula is C22H17Cl2N3O. The van der Waals surface area contributed by atoms with Gasteiger partial charge in [-0.25, -0.2) is 0 Å². The van der Waals surface area contributed by atoms with Gasteiger partial charge in [-0.05, 0) is 42.0 Å². The molecule has 0 saturated heterocycles. The molecule has 1 N–H and O–H groups in total. The second-order valence-corrected chi connectivity index (χ2v) is 6.75. The van der Waals surface area contributed by atoms with Gasteiger partial charge in [-0.1, -0.05) is 53.5 Å². The minimum absolute atomic E-state index is 0.364. The van der Waals surface area contributed by atoms with Crippen LogP contribution >= 0.6 is 23.2 Å². The van der Waals surface area contributed by atoms with Crippen molar-refractivity contribution in [3.05, 3.63) is 99.0 Å². The Morgan fingerprint density at radius 1 is 1.00 bits per heavy atom. The zero-order chi connectivity index (χ0) is 19.8. The van der Waals surface area contributed by atoms with Crippen molar-refractivity contribution in [2.45, 2.75) is 13.2 Å². The van der Waals surface area contributed by atoms with Gasteiger partial charge in [0.25, 0.3) is 0 Å². The summed E-state index contributed by atoms with van der Waals surface area (Å²) in [5, 5.41) is 14.4. The van der Waals surface area contributed by atoms with Crippen LogP contribution in [0.1, 0.15) is 22.3 Å². The standard InChI is InChI=1S/C22H17Cl2N3O/c23-20-8-4-9-21(24)19(20)14-27-26-13-18-7-1-2-10-22(18)28-15-17-6-3-5-16(11-17)12-25/h1-11,13,27H,14-15H2/b26-13-. The van der Waals surface area contributed by atoms with Gasteiger partial charge in [-0.3, -0.25) is 0 Å². The van der Waals surface area contributed by atoms with E-state index in [9.17, 15) is 0 Å². The number of nitriles is 1. The third-order valence-corrected chi connectivity index (χ3v) is 4.69. The van der Waals surface area contributed by atoms with Crippen LogP contribution in [0, 0.1) is 11.3 Å². The molecular weight excluding hydrogens is 393 g/mol. The molecule has 0 heterocycles. The largest absolute Gasteiger partial charge is 0.488 e. The Bertz CT molecular complexity index is 1010. The number of hydrogen-bond acceptors (Lipinski definition) is 4. The molecule has 0 aliphatic rings. The lowest BCUT2D eigenvalue weighted by Crippen LogP contribution is -2.07. The van der Waals surface area contributed by atoms with Gasteiger partial charge in [0.05, 0.1) is 24.4 Å². The predicted molar refractivity (Wildman–Crippen MR) is 113 cm³/mol. The van der Waals surface area contributed by atoms with E-state index in [1.807, 2.05) is 42.5 Å². The highest BCUT2D eigenvalue weighted by Crippen LogP contribution is 2.24. The Hall–Kier alpha value is -3.00. The third-order valence-electron chi connectivity index (χ3n) is 3.98. The van der Waals surface area contributed by atoms with Gasteiger partial charge >= 0.3 is 0 Å². The Balaban J connectivity index is 1.63. The number of nitrogens with one attached hydrogen (secondary N) is 1. The maximum absolute atomic E-state index is 9.00. The SMILES string of the molecule is N#Cc1cccc(COc2ccccc2/C=N\NCc2c(Cl)cccc2Cl)c1. The fraction of sp³-hybridized carbons (Fsp3) is 0.0909. The van der Waals surface area contributed by atoms with Crippen LogP contribution < -0.4 is 10.2 Å². The van der Waals surface area contributed by atoms with E-state index in [-0.39, 0.29) is 0 Å². The molecule has 28 heavy (non-hydrogen) atoms. The number of nitrogens with zero attached hydrogens (tertiary/aromatic N) is 2. The lowest BCUT2D eigenvalue weighted by atomic mass is 10.1. The lowest BCUT2D eigenvalue weighted by Gasteiger charge is -2.09. The number of benzene rings is 3. The van der Waals surface area contributed by atoms with Gasteiger partial charge in [-0.15, -0.1) is 0 Å². The second kappa shape index (κ2) is 9.80. The molecule has 3 rings (SSSR count). The zero-order valence-corrected chi connectivity index (χ0v) is 16.4. The molecule has 140 valence electrons. The highest BCUT2D eigenvalue weighted by atomic mass is 35.5. The van der Waals surface area contributed by atoms with Gasteiger partial charge in [0.1, 0.15) is 12.4 Å². The second-order valence-electron chi connectivity index (χ2n) is 5.93. The lowest BCUT2D eigenvalue weighted by molar-refractivity contribution is 0.306. The van der Waals surface area contributed by atoms with Crippen LogP contribution in [0.15, 0.2) is 71.8 Å². The van der Waals surface area contributed by atoms with Crippen molar-refractivity contribution in [2.75, 3.05) is 0 Å². The fourth-order valence-electron chi connectivity index (χ4n) is 2.55. The molecule has 0 unspecified atom stereocenters. The maximum atomic E-state index is 9.00. The molecule has 0 aliphatic carbocycles. The van der Waals surface area contributed by atoms with E-state index < -0.39 is 0 Å². The minimum atomic E-state index is 0.364. The van der Waals surface area contributed by atoms with E-state index in [0.717, 1.165) is 16.7 Å². The summed E-state index contributed by atoms with van der Waals surface area (Å²) in [6, 6.07) is 22.5. The van der Waals surface area contributed by atoms with E-state index in [0.29, 0.717) is 34.5 Å². The average molecular weight is 410 g/mol. The zero-order valence-electron chi connectivity index (χ0n) is 14.9. The number of ether oxygens (including phenoxy) is 1. The molecule has 0 fully saturated rings. The first-order valence-corrected chi connectivity index (χ1v) is 9.32. The molecule has 0 aliphatic heterocycles. The van der Waals surface area contributed by atoms with E-state index >= 15 is 0 Å². The third kappa shape index (κ3) is 5.26. The van der Waals surface area contributed by atoms with Gasteiger partial charge in [-0.2, -0.15) is 10.4 Å². The Kier molecular flexibility index (Phi) is 6.91.